The number of benzene rings is 14. The van der Waals surface area contributed by atoms with Gasteiger partial charge in [0.05, 0.1) is 44.8 Å². The van der Waals surface area contributed by atoms with Crippen molar-refractivity contribution in [2.45, 2.75) is 41.5 Å². The van der Waals surface area contributed by atoms with Crippen molar-refractivity contribution in [3.63, 3.8) is 0 Å². The third kappa shape index (κ3) is 12.1. The minimum absolute atomic E-state index is 0.658. The number of rotatable bonds is 15. The number of hydrogen-bond acceptors (Lipinski definition) is 6. The first-order chi connectivity index (χ1) is 52.0. The normalized spacial score (nSPS) is 11.5. The monoisotopic (exact) mass is 1360 g/mol. The predicted molar refractivity (Wildman–Crippen MR) is 442 cm³/mol. The second kappa shape index (κ2) is 27.0. The summed E-state index contributed by atoms with van der Waals surface area (Å²) >= 11 is 0. The molecule has 506 valence electrons. The summed E-state index contributed by atoms with van der Waals surface area (Å²) in [6.45, 7) is 13.0. The van der Waals surface area contributed by atoms with E-state index in [4.69, 9.17) is 19.9 Å². The van der Waals surface area contributed by atoms with E-state index in [1.165, 1.54) is 21.7 Å². The van der Waals surface area contributed by atoms with Crippen LogP contribution >= 0.6 is 0 Å². The SMILES string of the molecule is Cc1cccc(-c2cc(-c3ccc(-n4c5ccccc5c5cc(N(c6ccccc6)c6ccccc6)ccc54)c(C)c3)nc(-c3cc(C)cc(-c4cccc(N(c5ccccc5)c5ccc6c(c5)c5ccccc5n6-c5ccc(-c6cc(-c7cccc(C)c7)nc(-c7cccc(C)c7)n6)c(C)c5)c4)c3)n2)c1. The zero-order valence-electron chi connectivity index (χ0n) is 59.9. The van der Waals surface area contributed by atoms with E-state index in [0.29, 0.717) is 11.6 Å². The molecule has 8 heteroatoms. The molecule has 0 spiro atoms. The Balaban J connectivity index is 0.694. The molecule has 0 saturated carbocycles. The van der Waals surface area contributed by atoms with Crippen LogP contribution in [0.4, 0.5) is 34.1 Å². The highest BCUT2D eigenvalue weighted by molar-refractivity contribution is 6.12. The van der Waals surface area contributed by atoms with Crippen LogP contribution in [0.15, 0.2) is 340 Å². The summed E-state index contributed by atoms with van der Waals surface area (Å²) in [5, 5.41) is 4.71. The first kappa shape index (κ1) is 64.5. The Kier molecular flexibility index (Phi) is 16.4. The van der Waals surface area contributed by atoms with E-state index in [2.05, 4.69) is 400 Å². The van der Waals surface area contributed by atoms with Crippen LogP contribution in [0.1, 0.15) is 33.4 Å². The zero-order chi connectivity index (χ0) is 71.5. The molecule has 0 bridgehead atoms. The zero-order valence-corrected chi connectivity index (χ0v) is 59.9. The molecule has 0 N–H and O–H groups in total. The Morgan fingerprint density at radius 3 is 1.22 bits per heavy atom. The molecule has 0 aliphatic rings. The van der Waals surface area contributed by atoms with Gasteiger partial charge in [0, 0.05) is 100 Å². The highest BCUT2D eigenvalue weighted by Crippen LogP contribution is 2.45. The summed E-state index contributed by atoms with van der Waals surface area (Å²) in [4.78, 5) is 26.1. The molecule has 0 radical (unpaired) electrons. The first-order valence-corrected chi connectivity index (χ1v) is 36.2. The van der Waals surface area contributed by atoms with E-state index in [1.54, 1.807) is 0 Å². The van der Waals surface area contributed by atoms with E-state index in [9.17, 15) is 0 Å². The number of aromatic nitrogens is 6. The van der Waals surface area contributed by atoms with E-state index < -0.39 is 0 Å². The van der Waals surface area contributed by atoms with E-state index >= 15 is 0 Å². The fourth-order valence-corrected chi connectivity index (χ4v) is 15.5. The van der Waals surface area contributed by atoms with Crippen molar-refractivity contribution in [1.29, 1.82) is 0 Å². The number of para-hydroxylation sites is 5. The van der Waals surface area contributed by atoms with Gasteiger partial charge in [0.2, 0.25) is 0 Å². The minimum atomic E-state index is 0.658. The quantitative estimate of drug-likeness (QED) is 0.102. The summed E-state index contributed by atoms with van der Waals surface area (Å²) in [6, 6.07) is 122. The third-order valence-electron chi connectivity index (χ3n) is 20.5. The largest absolute Gasteiger partial charge is 0.310 e. The van der Waals surface area contributed by atoms with Gasteiger partial charge in [-0.25, -0.2) is 19.9 Å². The van der Waals surface area contributed by atoms with Gasteiger partial charge < -0.3 is 18.9 Å². The Morgan fingerprint density at radius 1 is 0.226 bits per heavy atom. The molecular weight excluding hydrogens is 1290 g/mol. The Labute approximate surface area is 617 Å². The Hall–Kier alpha value is -13.6. The van der Waals surface area contributed by atoms with Gasteiger partial charge in [-0.15, -0.1) is 0 Å². The van der Waals surface area contributed by atoms with Gasteiger partial charge in [0.1, 0.15) is 0 Å². The summed E-state index contributed by atoms with van der Waals surface area (Å²) in [6.07, 6.45) is 0. The topological polar surface area (TPSA) is 67.9 Å². The van der Waals surface area contributed by atoms with Crippen LogP contribution in [-0.2, 0) is 0 Å². The fraction of sp³-hybridized carbons (Fsp3) is 0.0612. The van der Waals surface area contributed by atoms with Crippen LogP contribution in [-0.4, -0.2) is 29.1 Å². The van der Waals surface area contributed by atoms with Gasteiger partial charge in [-0.3, -0.25) is 0 Å². The molecule has 4 aromatic heterocycles. The number of nitrogens with zero attached hydrogens (tertiary/aromatic N) is 8. The summed E-state index contributed by atoms with van der Waals surface area (Å²) in [7, 11) is 0. The maximum absolute atomic E-state index is 5.51. The van der Waals surface area contributed by atoms with Gasteiger partial charge in [-0.1, -0.05) is 193 Å². The maximum Gasteiger partial charge on any atom is 0.160 e. The molecule has 0 amide bonds. The van der Waals surface area contributed by atoms with Crippen molar-refractivity contribution in [3.05, 3.63) is 373 Å². The molecule has 0 aliphatic heterocycles. The average Bonchev–Trinajstić information content (AvgIpc) is 1.59. The second-order valence-electron chi connectivity index (χ2n) is 28.0. The number of fused-ring (bicyclic) bond motifs is 6. The molecule has 106 heavy (non-hydrogen) atoms. The molecule has 0 saturated heterocycles. The number of aryl methyl sites for hydroxylation is 6. The molecule has 0 unspecified atom stereocenters. The first-order valence-electron chi connectivity index (χ1n) is 36.2. The van der Waals surface area contributed by atoms with Crippen LogP contribution in [0.25, 0.3) is 134 Å². The third-order valence-corrected chi connectivity index (χ3v) is 20.5. The van der Waals surface area contributed by atoms with Gasteiger partial charge >= 0.3 is 0 Å². The van der Waals surface area contributed by atoms with E-state index in [1.807, 2.05) is 0 Å². The molecule has 8 nitrogen and oxygen atoms in total. The van der Waals surface area contributed by atoms with Crippen molar-refractivity contribution in [1.82, 2.24) is 29.1 Å². The molecule has 0 fully saturated rings. The standard InChI is InChI=1S/C98H74N8/c1-63-24-20-28-70(50-63)88-61-89(72-42-47-92(68(6)55-72)106-94-41-19-17-39-85(94)87-59-81(45-49-96(87)106)103(76-31-10-7-11-32-76)77-33-12-8-13-34-77)101-98(100-88)75-54-66(4)53-74(57-75)69-27-23-37-79(58-69)104(78-35-14-9-15-36-78)82-44-48-95-86(60-82)84-38-16-18-40-93(84)105(95)80-43-46-83(67(5)56-80)91-62-90(71-29-21-25-64(2)51-71)99-97(102-91)73-30-22-26-65(3)52-73/h7-62H,1-6H3. The van der Waals surface area contributed by atoms with Crippen molar-refractivity contribution in [2.24, 2.45) is 0 Å². The van der Waals surface area contributed by atoms with E-state index in [0.717, 1.165) is 168 Å². The van der Waals surface area contributed by atoms with E-state index in [-0.39, 0.29) is 0 Å². The lowest BCUT2D eigenvalue weighted by Crippen LogP contribution is -2.10. The van der Waals surface area contributed by atoms with Crippen molar-refractivity contribution in [3.8, 4) is 90.3 Å². The average molecular weight is 1360 g/mol. The van der Waals surface area contributed by atoms with Crippen LogP contribution in [0.5, 0.6) is 0 Å². The van der Waals surface area contributed by atoms with Crippen molar-refractivity contribution in [2.75, 3.05) is 9.80 Å². The predicted octanol–water partition coefficient (Wildman–Crippen LogP) is 25.9. The second-order valence-corrected chi connectivity index (χ2v) is 28.0. The number of hydrogen-bond donors (Lipinski definition) is 0. The highest BCUT2D eigenvalue weighted by atomic mass is 15.2. The van der Waals surface area contributed by atoms with Crippen LogP contribution < -0.4 is 9.80 Å². The highest BCUT2D eigenvalue weighted by Gasteiger charge is 2.23. The Morgan fingerprint density at radius 2 is 0.651 bits per heavy atom. The van der Waals surface area contributed by atoms with Crippen molar-refractivity contribution >= 4 is 77.7 Å². The molecule has 14 aromatic carbocycles. The van der Waals surface area contributed by atoms with Gasteiger partial charge in [-0.2, -0.15) is 0 Å². The lowest BCUT2D eigenvalue weighted by molar-refractivity contribution is 1.14. The summed E-state index contributed by atoms with van der Waals surface area (Å²) < 4.78 is 4.82. The molecule has 18 aromatic rings. The number of anilines is 6. The van der Waals surface area contributed by atoms with Crippen LogP contribution in [0.3, 0.4) is 0 Å². The molecular formula is C98H74N8. The van der Waals surface area contributed by atoms with Crippen molar-refractivity contribution < 1.29 is 0 Å². The summed E-state index contributed by atoms with van der Waals surface area (Å²) in [5.74, 6) is 1.36. The van der Waals surface area contributed by atoms with Crippen LogP contribution in [0.2, 0.25) is 0 Å². The van der Waals surface area contributed by atoms with Crippen LogP contribution in [0, 0.1) is 41.5 Å². The molecule has 0 atom stereocenters. The minimum Gasteiger partial charge on any atom is -0.310 e. The summed E-state index contributed by atoms with van der Waals surface area (Å²) in [5.41, 5.74) is 31.7. The van der Waals surface area contributed by atoms with Gasteiger partial charge in [0.15, 0.2) is 11.6 Å². The van der Waals surface area contributed by atoms with Gasteiger partial charge in [0.25, 0.3) is 0 Å². The molecule has 18 rings (SSSR count). The Bertz CT molecular complexity index is 6330. The molecule has 0 aliphatic carbocycles. The smallest absolute Gasteiger partial charge is 0.160 e. The lowest BCUT2D eigenvalue weighted by atomic mass is 9.98. The maximum atomic E-state index is 5.51. The fourth-order valence-electron chi connectivity index (χ4n) is 15.5. The lowest BCUT2D eigenvalue weighted by Gasteiger charge is -2.26. The van der Waals surface area contributed by atoms with Gasteiger partial charge in [-0.05, 0) is 233 Å². The molecule has 4 heterocycles.